The highest BCUT2D eigenvalue weighted by atomic mass is 16.6. The molecule has 3 rings (SSSR count). The molecule has 0 unspecified atom stereocenters. The molecule has 9 heteroatoms. The van der Waals surface area contributed by atoms with Crippen LogP contribution in [0.3, 0.4) is 0 Å². The van der Waals surface area contributed by atoms with Crippen LogP contribution < -0.4 is 14.8 Å². The van der Waals surface area contributed by atoms with Crippen molar-refractivity contribution in [2.24, 2.45) is 11.8 Å². The predicted octanol–water partition coefficient (Wildman–Crippen LogP) is 2.90. The van der Waals surface area contributed by atoms with Gasteiger partial charge in [0.05, 0.1) is 33.0 Å². The Morgan fingerprint density at radius 2 is 1.86 bits per heavy atom. The van der Waals surface area contributed by atoms with Crippen molar-refractivity contribution in [1.29, 1.82) is 0 Å². The van der Waals surface area contributed by atoms with Crippen molar-refractivity contribution in [1.82, 2.24) is 5.32 Å². The van der Waals surface area contributed by atoms with Crippen LogP contribution in [0.1, 0.15) is 38.7 Å². The smallest absolute Gasteiger partial charge is 0.336 e. The van der Waals surface area contributed by atoms with Gasteiger partial charge in [-0.15, -0.1) is 0 Å². The molecule has 2 aliphatic rings. The number of allylic oxidation sites excluding steroid dienone is 3. The molecular formula is C26H33NO8. The second-order valence-corrected chi connectivity index (χ2v) is 8.51. The molecule has 3 atom stereocenters. The number of methoxy groups -OCH3 is 3. The first-order valence-corrected chi connectivity index (χ1v) is 11.6. The van der Waals surface area contributed by atoms with Crippen molar-refractivity contribution in [3.05, 3.63) is 46.3 Å². The summed E-state index contributed by atoms with van der Waals surface area (Å²) in [5, 5.41) is 3.24. The molecule has 1 aromatic carbocycles. The van der Waals surface area contributed by atoms with Gasteiger partial charge in [0.25, 0.3) is 0 Å². The Balaban J connectivity index is 2.17. The second kappa shape index (κ2) is 11.4. The highest BCUT2D eigenvalue weighted by Gasteiger charge is 2.47. The minimum absolute atomic E-state index is 0.0626. The molecule has 0 fully saturated rings. The second-order valence-electron chi connectivity index (χ2n) is 8.51. The summed E-state index contributed by atoms with van der Waals surface area (Å²) in [5.41, 5.74) is 2.56. The van der Waals surface area contributed by atoms with Gasteiger partial charge in [0.1, 0.15) is 12.5 Å². The molecule has 0 aromatic heterocycles. The van der Waals surface area contributed by atoms with Gasteiger partial charge < -0.3 is 29.0 Å². The van der Waals surface area contributed by atoms with Gasteiger partial charge in [0.2, 0.25) is 0 Å². The molecule has 0 amide bonds. The predicted molar refractivity (Wildman–Crippen MR) is 127 cm³/mol. The number of hydrogen-bond donors (Lipinski definition) is 1. The highest BCUT2D eigenvalue weighted by Crippen LogP contribution is 2.46. The number of Topliss-reactive ketones (excluding diaryl/α,β-unsaturated/α-hetero) is 1. The van der Waals surface area contributed by atoms with E-state index in [-0.39, 0.29) is 30.5 Å². The SMILES string of the molecule is CCOc1ccc([C@H]2C(C(=O)OCCOC)=C(C)NC3=C2C(=O)[C@@H](C(=O)OC)[C@H](C)C3)cc1OC. The van der Waals surface area contributed by atoms with E-state index in [1.54, 1.807) is 25.1 Å². The molecule has 1 aliphatic carbocycles. The lowest BCUT2D eigenvalue weighted by molar-refractivity contribution is -0.151. The minimum atomic E-state index is -0.961. The molecule has 1 aliphatic heterocycles. The normalized spacial score (nSPS) is 21.8. The Kier molecular flexibility index (Phi) is 8.56. The first kappa shape index (κ1) is 26.3. The molecule has 0 saturated carbocycles. The van der Waals surface area contributed by atoms with E-state index in [2.05, 4.69) is 5.32 Å². The van der Waals surface area contributed by atoms with Crippen molar-refractivity contribution in [2.45, 2.75) is 33.1 Å². The van der Waals surface area contributed by atoms with Gasteiger partial charge in [-0.05, 0) is 43.9 Å². The maximum Gasteiger partial charge on any atom is 0.336 e. The Morgan fingerprint density at radius 3 is 2.49 bits per heavy atom. The number of hydrogen-bond acceptors (Lipinski definition) is 9. The fourth-order valence-electron chi connectivity index (χ4n) is 4.72. The fourth-order valence-corrected chi connectivity index (χ4v) is 4.72. The number of dihydropyridines is 1. The van der Waals surface area contributed by atoms with Crippen LogP contribution in [-0.4, -0.2) is 58.9 Å². The van der Waals surface area contributed by atoms with E-state index in [0.29, 0.717) is 47.1 Å². The Hall–Kier alpha value is -3.33. The molecule has 0 saturated heterocycles. The summed E-state index contributed by atoms with van der Waals surface area (Å²) in [4.78, 5) is 39.6. The van der Waals surface area contributed by atoms with Crippen LogP contribution in [0, 0.1) is 11.8 Å². The van der Waals surface area contributed by atoms with E-state index >= 15 is 0 Å². The number of carbonyl (C=O) groups is 3. The van der Waals surface area contributed by atoms with Crippen LogP contribution in [0.2, 0.25) is 0 Å². The molecule has 35 heavy (non-hydrogen) atoms. The molecule has 0 spiro atoms. The van der Waals surface area contributed by atoms with Gasteiger partial charge in [0, 0.05) is 30.0 Å². The maximum atomic E-state index is 13.8. The third-order valence-electron chi connectivity index (χ3n) is 6.30. The zero-order chi connectivity index (χ0) is 25.7. The van der Waals surface area contributed by atoms with Crippen molar-refractivity contribution in [3.8, 4) is 11.5 Å². The third-order valence-corrected chi connectivity index (χ3v) is 6.30. The van der Waals surface area contributed by atoms with Crippen LogP contribution in [0.4, 0.5) is 0 Å². The number of esters is 2. The Labute approximate surface area is 205 Å². The zero-order valence-electron chi connectivity index (χ0n) is 21.1. The first-order chi connectivity index (χ1) is 16.8. The number of ketones is 1. The summed E-state index contributed by atoms with van der Waals surface area (Å²) < 4.78 is 26.5. The average Bonchev–Trinajstić information content (AvgIpc) is 2.83. The summed E-state index contributed by atoms with van der Waals surface area (Å²) in [7, 11) is 4.31. The average molecular weight is 488 g/mol. The van der Waals surface area contributed by atoms with Gasteiger partial charge in [-0.1, -0.05) is 13.0 Å². The maximum absolute atomic E-state index is 13.8. The van der Waals surface area contributed by atoms with Crippen LogP contribution in [0.5, 0.6) is 11.5 Å². The van der Waals surface area contributed by atoms with Gasteiger partial charge >= 0.3 is 11.9 Å². The molecule has 9 nitrogen and oxygen atoms in total. The van der Waals surface area contributed by atoms with Gasteiger partial charge in [-0.2, -0.15) is 0 Å². The van der Waals surface area contributed by atoms with E-state index in [4.69, 9.17) is 23.7 Å². The molecular weight excluding hydrogens is 454 g/mol. The monoisotopic (exact) mass is 487 g/mol. The summed E-state index contributed by atoms with van der Waals surface area (Å²) in [6, 6.07) is 5.29. The van der Waals surface area contributed by atoms with Crippen molar-refractivity contribution < 1.29 is 38.1 Å². The van der Waals surface area contributed by atoms with Crippen LogP contribution in [-0.2, 0) is 28.6 Å². The number of benzene rings is 1. The van der Waals surface area contributed by atoms with Gasteiger partial charge in [-0.3, -0.25) is 9.59 Å². The van der Waals surface area contributed by atoms with Gasteiger partial charge in [0.15, 0.2) is 17.3 Å². The topological polar surface area (TPSA) is 109 Å². The number of carbonyl (C=O) groups excluding carboxylic acids is 3. The lowest BCUT2D eigenvalue weighted by atomic mass is 9.69. The van der Waals surface area contributed by atoms with E-state index in [1.165, 1.54) is 21.3 Å². The first-order valence-electron chi connectivity index (χ1n) is 11.6. The molecule has 190 valence electrons. The number of rotatable bonds is 9. The van der Waals surface area contributed by atoms with Crippen molar-refractivity contribution in [3.63, 3.8) is 0 Å². The summed E-state index contributed by atoms with van der Waals surface area (Å²) in [5.74, 6) is -2.51. The van der Waals surface area contributed by atoms with Gasteiger partial charge in [-0.25, -0.2) is 4.79 Å². The van der Waals surface area contributed by atoms with E-state index in [9.17, 15) is 14.4 Å². The van der Waals surface area contributed by atoms with Crippen LogP contribution >= 0.6 is 0 Å². The van der Waals surface area contributed by atoms with Crippen molar-refractivity contribution in [2.75, 3.05) is 41.2 Å². The van der Waals surface area contributed by atoms with E-state index in [1.807, 2.05) is 13.8 Å². The quantitative estimate of drug-likeness (QED) is 0.319. The third kappa shape index (κ3) is 5.19. The highest BCUT2D eigenvalue weighted by molar-refractivity contribution is 6.12. The molecule has 1 heterocycles. The largest absolute Gasteiger partial charge is 0.493 e. The lowest BCUT2D eigenvalue weighted by Crippen LogP contribution is -2.43. The molecule has 0 bridgehead atoms. The van der Waals surface area contributed by atoms with E-state index in [0.717, 1.165) is 0 Å². The lowest BCUT2D eigenvalue weighted by Gasteiger charge is -2.38. The van der Waals surface area contributed by atoms with Crippen LogP contribution in [0.15, 0.2) is 40.7 Å². The molecule has 1 N–H and O–H groups in total. The molecule has 0 radical (unpaired) electrons. The molecule has 1 aromatic rings. The summed E-state index contributed by atoms with van der Waals surface area (Å²) in [6.07, 6.45) is 0.453. The zero-order valence-corrected chi connectivity index (χ0v) is 21.1. The standard InChI is InChI=1S/C26H33NO8/c1-7-34-18-9-8-16(13-19(18)32-5)22-21(26(30)35-11-10-31-4)15(3)27-17-12-14(2)20(25(29)33-6)24(28)23(17)22/h8-9,13-14,20,22,27H,7,10-12H2,1-6H3/t14-,20+,22+/m1/s1. The fraction of sp³-hybridized carbons (Fsp3) is 0.500. The van der Waals surface area contributed by atoms with E-state index < -0.39 is 23.8 Å². The van der Waals surface area contributed by atoms with Crippen LogP contribution in [0.25, 0.3) is 0 Å². The minimum Gasteiger partial charge on any atom is -0.493 e. The number of ether oxygens (including phenoxy) is 5. The summed E-state index contributed by atoms with van der Waals surface area (Å²) in [6.45, 7) is 6.23. The van der Waals surface area contributed by atoms with Crippen molar-refractivity contribution >= 4 is 17.7 Å². The Morgan fingerprint density at radius 1 is 1.11 bits per heavy atom. The Bertz CT molecular complexity index is 1060. The summed E-state index contributed by atoms with van der Waals surface area (Å²) >= 11 is 0. The number of nitrogens with one attached hydrogen (secondary N) is 1.